The molecule has 2 aliphatic rings. The molecule has 25 heavy (non-hydrogen) atoms. The number of carbonyl (C=O) groups excluding carboxylic acids is 1. The lowest BCUT2D eigenvalue weighted by atomic mass is 9.92. The van der Waals surface area contributed by atoms with Crippen molar-refractivity contribution in [1.29, 1.82) is 0 Å². The number of aryl methyl sites for hydroxylation is 1. The molecule has 2 aromatic rings. The number of amides is 1. The van der Waals surface area contributed by atoms with Gasteiger partial charge in [0.15, 0.2) is 0 Å². The van der Waals surface area contributed by atoms with E-state index in [1.165, 1.54) is 0 Å². The van der Waals surface area contributed by atoms with Crippen LogP contribution in [0.4, 0.5) is 5.69 Å². The molecule has 1 unspecified atom stereocenters. The largest absolute Gasteiger partial charge is 0.486 e. The highest BCUT2D eigenvalue weighted by molar-refractivity contribution is 5.95. The van der Waals surface area contributed by atoms with Crippen molar-refractivity contribution in [2.45, 2.75) is 25.9 Å². The summed E-state index contributed by atoms with van der Waals surface area (Å²) in [5.41, 5.74) is 1.09. The minimum Gasteiger partial charge on any atom is -0.486 e. The van der Waals surface area contributed by atoms with Crippen LogP contribution in [0.25, 0.3) is 0 Å². The predicted octanol–water partition coefficient (Wildman–Crippen LogP) is 2.33. The molecule has 1 saturated heterocycles. The van der Waals surface area contributed by atoms with E-state index in [9.17, 15) is 4.79 Å². The Morgan fingerprint density at radius 2 is 2.12 bits per heavy atom. The van der Waals surface area contributed by atoms with Crippen molar-refractivity contribution in [1.82, 2.24) is 14.9 Å². The highest BCUT2D eigenvalue weighted by Gasteiger charge is 2.57. The lowest BCUT2D eigenvalue weighted by Crippen LogP contribution is -2.31. The van der Waals surface area contributed by atoms with Gasteiger partial charge in [-0.2, -0.15) is 0 Å². The van der Waals surface area contributed by atoms with Crippen LogP contribution in [0, 0.1) is 11.3 Å². The van der Waals surface area contributed by atoms with Crippen LogP contribution in [0.1, 0.15) is 25.1 Å². The van der Waals surface area contributed by atoms with Crippen LogP contribution in [-0.2, 0) is 18.4 Å². The van der Waals surface area contributed by atoms with Gasteiger partial charge in [0, 0.05) is 31.0 Å². The van der Waals surface area contributed by atoms with E-state index in [0.29, 0.717) is 6.61 Å². The van der Waals surface area contributed by atoms with E-state index in [0.717, 1.165) is 49.6 Å². The molecule has 1 spiro atoms. The Hall–Kier alpha value is -2.34. The summed E-state index contributed by atoms with van der Waals surface area (Å²) in [4.78, 5) is 16.7. The Balaban J connectivity index is 1.30. The van der Waals surface area contributed by atoms with E-state index in [1.807, 2.05) is 42.1 Å². The molecule has 1 aliphatic carbocycles. The third-order valence-electron chi connectivity index (χ3n) is 5.52. The standard InChI is InChI=1S/C19H24N4O2/c1-23-11-10-21-17(23)13-25-15-4-2-14(3-5-15)22-18(24)16-12-19(16)6-8-20-9-7-19/h2-5,10-11,16,20H,6-9,12-13H2,1H3,(H,22,24). The number of aromatic nitrogens is 2. The number of carbonyl (C=O) groups is 1. The number of nitrogens with zero attached hydrogens (tertiary/aromatic N) is 2. The fraction of sp³-hybridized carbons (Fsp3) is 0.474. The fourth-order valence-corrected chi connectivity index (χ4v) is 3.74. The van der Waals surface area contributed by atoms with Crippen LogP contribution in [0.5, 0.6) is 5.75 Å². The van der Waals surface area contributed by atoms with Crippen molar-refractivity contribution in [3.05, 3.63) is 42.5 Å². The van der Waals surface area contributed by atoms with Gasteiger partial charge < -0.3 is 19.9 Å². The van der Waals surface area contributed by atoms with Crippen molar-refractivity contribution in [3.8, 4) is 5.75 Å². The zero-order valence-electron chi connectivity index (χ0n) is 14.5. The van der Waals surface area contributed by atoms with Crippen LogP contribution in [0.3, 0.4) is 0 Å². The van der Waals surface area contributed by atoms with Crippen LogP contribution >= 0.6 is 0 Å². The number of anilines is 1. The van der Waals surface area contributed by atoms with Crippen molar-refractivity contribution in [3.63, 3.8) is 0 Å². The summed E-state index contributed by atoms with van der Waals surface area (Å²) in [5, 5.41) is 6.42. The first-order chi connectivity index (χ1) is 12.2. The summed E-state index contributed by atoms with van der Waals surface area (Å²) >= 11 is 0. The van der Waals surface area contributed by atoms with Gasteiger partial charge in [-0.3, -0.25) is 4.79 Å². The molecule has 1 aliphatic heterocycles. The number of piperidine rings is 1. The molecule has 2 fully saturated rings. The van der Waals surface area contributed by atoms with Crippen molar-refractivity contribution in [2.75, 3.05) is 18.4 Å². The maximum Gasteiger partial charge on any atom is 0.228 e. The second-order valence-corrected chi connectivity index (χ2v) is 7.13. The van der Waals surface area contributed by atoms with E-state index in [-0.39, 0.29) is 17.2 Å². The molecule has 1 saturated carbocycles. The van der Waals surface area contributed by atoms with Crippen molar-refractivity contribution < 1.29 is 9.53 Å². The lowest BCUT2D eigenvalue weighted by Gasteiger charge is -2.23. The smallest absolute Gasteiger partial charge is 0.228 e. The topological polar surface area (TPSA) is 68.2 Å². The van der Waals surface area contributed by atoms with Gasteiger partial charge in [-0.05, 0) is 62.0 Å². The number of rotatable bonds is 5. The Morgan fingerprint density at radius 3 is 2.80 bits per heavy atom. The molecule has 4 rings (SSSR count). The number of nitrogens with one attached hydrogen (secondary N) is 2. The van der Waals surface area contributed by atoms with E-state index < -0.39 is 0 Å². The molecule has 6 heteroatoms. The van der Waals surface area contributed by atoms with Gasteiger partial charge in [0.05, 0.1) is 0 Å². The second-order valence-electron chi connectivity index (χ2n) is 7.13. The van der Waals surface area contributed by atoms with Gasteiger partial charge in [0.1, 0.15) is 18.2 Å². The first-order valence-corrected chi connectivity index (χ1v) is 8.87. The van der Waals surface area contributed by atoms with Crippen molar-refractivity contribution >= 4 is 11.6 Å². The number of hydrogen-bond donors (Lipinski definition) is 2. The minimum atomic E-state index is 0.156. The van der Waals surface area contributed by atoms with E-state index in [1.54, 1.807) is 6.20 Å². The van der Waals surface area contributed by atoms with Gasteiger partial charge in [-0.25, -0.2) is 4.98 Å². The number of hydrogen-bond acceptors (Lipinski definition) is 4. The van der Waals surface area contributed by atoms with Gasteiger partial charge in [0.2, 0.25) is 5.91 Å². The maximum atomic E-state index is 12.5. The Kier molecular flexibility index (Phi) is 4.21. The summed E-state index contributed by atoms with van der Waals surface area (Å²) in [7, 11) is 1.94. The molecule has 0 bridgehead atoms. The first-order valence-electron chi connectivity index (χ1n) is 8.87. The minimum absolute atomic E-state index is 0.156. The number of benzene rings is 1. The molecular weight excluding hydrogens is 316 g/mol. The summed E-state index contributed by atoms with van der Waals surface area (Å²) in [6.07, 6.45) is 6.91. The molecule has 1 amide bonds. The van der Waals surface area contributed by atoms with Crippen LogP contribution in [0.15, 0.2) is 36.7 Å². The average molecular weight is 340 g/mol. The summed E-state index contributed by atoms with van der Waals surface area (Å²) < 4.78 is 7.67. The zero-order chi connectivity index (χ0) is 17.3. The Bertz CT molecular complexity index is 747. The highest BCUT2D eigenvalue weighted by Crippen LogP contribution is 2.58. The van der Waals surface area contributed by atoms with E-state index >= 15 is 0 Å². The monoisotopic (exact) mass is 340 g/mol. The molecule has 1 aromatic heterocycles. The van der Waals surface area contributed by atoms with Crippen LogP contribution in [-0.4, -0.2) is 28.5 Å². The van der Waals surface area contributed by atoms with E-state index in [4.69, 9.17) is 4.74 Å². The third-order valence-corrected chi connectivity index (χ3v) is 5.52. The Labute approximate surface area is 147 Å². The van der Waals surface area contributed by atoms with Gasteiger partial charge in [-0.15, -0.1) is 0 Å². The van der Waals surface area contributed by atoms with Gasteiger partial charge >= 0.3 is 0 Å². The first kappa shape index (κ1) is 16.1. The summed E-state index contributed by atoms with van der Waals surface area (Å²) in [5.74, 6) is 1.97. The fourth-order valence-electron chi connectivity index (χ4n) is 3.74. The van der Waals surface area contributed by atoms with Gasteiger partial charge in [0.25, 0.3) is 0 Å². The quantitative estimate of drug-likeness (QED) is 0.877. The Morgan fingerprint density at radius 1 is 1.36 bits per heavy atom. The number of ether oxygens (including phenoxy) is 1. The molecule has 2 heterocycles. The van der Waals surface area contributed by atoms with Crippen LogP contribution < -0.4 is 15.4 Å². The van der Waals surface area contributed by atoms with Crippen LogP contribution in [0.2, 0.25) is 0 Å². The van der Waals surface area contributed by atoms with E-state index in [2.05, 4.69) is 15.6 Å². The van der Waals surface area contributed by atoms with Crippen molar-refractivity contribution in [2.24, 2.45) is 18.4 Å². The second kappa shape index (κ2) is 6.52. The lowest BCUT2D eigenvalue weighted by molar-refractivity contribution is -0.118. The van der Waals surface area contributed by atoms with Gasteiger partial charge in [-0.1, -0.05) is 0 Å². The number of imidazole rings is 1. The summed E-state index contributed by atoms with van der Waals surface area (Å²) in [6, 6.07) is 7.55. The molecule has 2 N–H and O–H groups in total. The average Bonchev–Trinajstić information content (AvgIpc) is 3.16. The third kappa shape index (κ3) is 3.39. The molecule has 1 aromatic carbocycles. The normalized spacial score (nSPS) is 21.1. The predicted molar refractivity (Wildman–Crippen MR) is 95.3 cm³/mol. The maximum absolute atomic E-state index is 12.5. The SMILES string of the molecule is Cn1ccnc1COc1ccc(NC(=O)C2CC23CCNCC3)cc1. The molecular formula is C19H24N4O2. The molecule has 1 atom stereocenters. The highest BCUT2D eigenvalue weighted by atomic mass is 16.5. The molecule has 132 valence electrons. The summed E-state index contributed by atoms with van der Waals surface area (Å²) in [6.45, 7) is 2.49. The molecule has 6 nitrogen and oxygen atoms in total. The zero-order valence-corrected chi connectivity index (χ0v) is 14.5. The molecule has 0 radical (unpaired) electrons.